The SMILES string of the molecule is COc1cc(OC)cc(-c2nnc3sc(-c4snnc4C)nn23)c1. The molecule has 24 heavy (non-hydrogen) atoms. The molecule has 0 N–H and O–H groups in total. The van der Waals surface area contributed by atoms with Gasteiger partial charge in [0.15, 0.2) is 10.8 Å². The van der Waals surface area contributed by atoms with E-state index in [1.165, 1.54) is 22.9 Å². The Morgan fingerprint density at radius 3 is 2.38 bits per heavy atom. The Bertz CT molecular complexity index is 999. The molecule has 3 heterocycles. The summed E-state index contributed by atoms with van der Waals surface area (Å²) >= 11 is 2.77. The molecular formula is C14H12N6O2S2. The van der Waals surface area contributed by atoms with Crippen molar-refractivity contribution in [2.24, 2.45) is 0 Å². The third kappa shape index (κ3) is 2.39. The molecule has 10 heteroatoms. The topological polar surface area (TPSA) is 87.3 Å². The van der Waals surface area contributed by atoms with E-state index >= 15 is 0 Å². The average molecular weight is 360 g/mol. The van der Waals surface area contributed by atoms with Gasteiger partial charge in [-0.3, -0.25) is 0 Å². The highest BCUT2D eigenvalue weighted by Gasteiger charge is 2.18. The number of benzene rings is 1. The number of aryl methyl sites for hydroxylation is 1. The van der Waals surface area contributed by atoms with E-state index in [9.17, 15) is 0 Å². The quantitative estimate of drug-likeness (QED) is 0.553. The smallest absolute Gasteiger partial charge is 0.235 e. The van der Waals surface area contributed by atoms with Crippen LogP contribution in [0.15, 0.2) is 18.2 Å². The maximum Gasteiger partial charge on any atom is 0.235 e. The van der Waals surface area contributed by atoms with Gasteiger partial charge in [0.2, 0.25) is 4.96 Å². The first-order chi connectivity index (χ1) is 11.7. The first-order valence-electron chi connectivity index (χ1n) is 6.94. The summed E-state index contributed by atoms with van der Waals surface area (Å²) in [6.07, 6.45) is 0. The Morgan fingerprint density at radius 1 is 1.00 bits per heavy atom. The zero-order chi connectivity index (χ0) is 16.7. The highest BCUT2D eigenvalue weighted by Crippen LogP contribution is 2.33. The molecule has 0 aliphatic heterocycles. The number of methoxy groups -OCH3 is 2. The molecule has 0 bridgehead atoms. The Balaban J connectivity index is 1.86. The van der Waals surface area contributed by atoms with Crippen LogP contribution >= 0.6 is 22.9 Å². The first kappa shape index (κ1) is 15.0. The average Bonchev–Trinajstić information content (AvgIpc) is 3.28. The molecule has 8 nitrogen and oxygen atoms in total. The molecule has 0 radical (unpaired) electrons. The molecule has 0 saturated carbocycles. The van der Waals surface area contributed by atoms with Crippen molar-refractivity contribution < 1.29 is 9.47 Å². The van der Waals surface area contributed by atoms with E-state index in [1.807, 2.05) is 19.1 Å². The minimum absolute atomic E-state index is 0.625. The molecule has 0 aliphatic carbocycles. The van der Waals surface area contributed by atoms with Crippen molar-refractivity contribution in [1.82, 2.24) is 29.4 Å². The van der Waals surface area contributed by atoms with Crippen LogP contribution < -0.4 is 9.47 Å². The van der Waals surface area contributed by atoms with Gasteiger partial charge in [-0.15, -0.1) is 15.3 Å². The zero-order valence-corrected chi connectivity index (χ0v) is 14.7. The highest BCUT2D eigenvalue weighted by molar-refractivity contribution is 7.23. The van der Waals surface area contributed by atoms with Crippen molar-refractivity contribution in [1.29, 1.82) is 0 Å². The molecule has 0 saturated heterocycles. The number of aromatic nitrogens is 6. The summed E-state index contributed by atoms with van der Waals surface area (Å²) < 4.78 is 16.3. The minimum Gasteiger partial charge on any atom is -0.497 e. The van der Waals surface area contributed by atoms with Crippen LogP contribution in [0.4, 0.5) is 0 Å². The second kappa shape index (κ2) is 5.80. The molecule has 4 aromatic rings. The lowest BCUT2D eigenvalue weighted by molar-refractivity contribution is 0.394. The normalized spacial score (nSPS) is 11.1. The lowest BCUT2D eigenvalue weighted by Gasteiger charge is -2.06. The maximum atomic E-state index is 5.32. The number of hydrogen-bond acceptors (Lipinski definition) is 9. The fraction of sp³-hybridized carbons (Fsp3) is 0.214. The second-order valence-electron chi connectivity index (χ2n) is 4.91. The largest absolute Gasteiger partial charge is 0.497 e. The summed E-state index contributed by atoms with van der Waals surface area (Å²) in [4.78, 5) is 1.65. The number of rotatable bonds is 4. The van der Waals surface area contributed by atoms with Crippen LogP contribution in [-0.4, -0.2) is 43.6 Å². The van der Waals surface area contributed by atoms with Crippen LogP contribution in [0.2, 0.25) is 0 Å². The maximum absolute atomic E-state index is 5.32. The lowest BCUT2D eigenvalue weighted by Crippen LogP contribution is -1.94. The summed E-state index contributed by atoms with van der Waals surface area (Å²) in [5.41, 5.74) is 1.67. The molecule has 0 aliphatic rings. The van der Waals surface area contributed by atoms with Crippen molar-refractivity contribution >= 4 is 27.8 Å². The van der Waals surface area contributed by atoms with Crippen LogP contribution in [-0.2, 0) is 0 Å². The van der Waals surface area contributed by atoms with Crippen molar-refractivity contribution in [3.05, 3.63) is 23.9 Å². The fourth-order valence-electron chi connectivity index (χ4n) is 2.25. The third-order valence-corrected chi connectivity index (χ3v) is 5.33. The molecule has 0 spiro atoms. The molecule has 0 atom stereocenters. The molecule has 4 rings (SSSR count). The number of fused-ring (bicyclic) bond motifs is 1. The Kier molecular flexibility index (Phi) is 3.62. The van der Waals surface area contributed by atoms with Crippen LogP contribution in [0.25, 0.3) is 26.2 Å². The second-order valence-corrected chi connectivity index (χ2v) is 6.62. The Labute approximate surface area is 144 Å². The van der Waals surface area contributed by atoms with Gasteiger partial charge in [0, 0.05) is 11.6 Å². The molecule has 1 aromatic carbocycles. The van der Waals surface area contributed by atoms with E-state index in [0.717, 1.165) is 21.1 Å². The number of ether oxygens (including phenoxy) is 2. The van der Waals surface area contributed by atoms with E-state index in [2.05, 4.69) is 24.9 Å². The molecule has 3 aromatic heterocycles. The molecule has 0 fully saturated rings. The molecule has 0 amide bonds. The van der Waals surface area contributed by atoms with E-state index in [4.69, 9.17) is 9.47 Å². The van der Waals surface area contributed by atoms with Crippen LogP contribution in [0.5, 0.6) is 11.5 Å². The van der Waals surface area contributed by atoms with Gasteiger partial charge in [-0.05, 0) is 30.6 Å². The molecular weight excluding hydrogens is 348 g/mol. The Morgan fingerprint density at radius 2 is 1.75 bits per heavy atom. The summed E-state index contributed by atoms with van der Waals surface area (Å²) in [6.45, 7) is 1.91. The summed E-state index contributed by atoms with van der Waals surface area (Å²) in [6, 6.07) is 5.55. The van der Waals surface area contributed by atoms with Crippen LogP contribution in [0, 0.1) is 6.92 Å². The van der Waals surface area contributed by atoms with Crippen molar-refractivity contribution in [3.8, 4) is 32.8 Å². The summed E-state index contributed by atoms with van der Waals surface area (Å²) in [7, 11) is 3.22. The standard InChI is InChI=1S/C14H12N6O2S2/c1-7-11(24-19-15-7)13-18-20-12(16-17-14(20)23-13)8-4-9(21-2)6-10(5-8)22-3/h4-6H,1-3H3. The minimum atomic E-state index is 0.625. The van der Waals surface area contributed by atoms with Gasteiger partial charge in [0.25, 0.3) is 0 Å². The molecule has 0 unspecified atom stereocenters. The first-order valence-corrected chi connectivity index (χ1v) is 8.53. The lowest BCUT2D eigenvalue weighted by atomic mass is 10.2. The van der Waals surface area contributed by atoms with E-state index in [0.29, 0.717) is 22.3 Å². The van der Waals surface area contributed by atoms with E-state index in [1.54, 1.807) is 24.8 Å². The van der Waals surface area contributed by atoms with Gasteiger partial charge < -0.3 is 9.47 Å². The zero-order valence-electron chi connectivity index (χ0n) is 13.0. The van der Waals surface area contributed by atoms with Crippen molar-refractivity contribution in [3.63, 3.8) is 0 Å². The van der Waals surface area contributed by atoms with E-state index in [-0.39, 0.29) is 0 Å². The van der Waals surface area contributed by atoms with Gasteiger partial charge >= 0.3 is 0 Å². The fourth-order valence-corrected chi connectivity index (χ4v) is 3.86. The van der Waals surface area contributed by atoms with Crippen LogP contribution in [0.1, 0.15) is 5.69 Å². The van der Waals surface area contributed by atoms with Gasteiger partial charge in [-0.1, -0.05) is 15.8 Å². The van der Waals surface area contributed by atoms with Gasteiger partial charge in [0.05, 0.1) is 19.9 Å². The summed E-state index contributed by atoms with van der Waals surface area (Å²) in [5, 5.41) is 17.9. The van der Waals surface area contributed by atoms with Crippen molar-refractivity contribution in [2.75, 3.05) is 14.2 Å². The van der Waals surface area contributed by atoms with Crippen LogP contribution in [0.3, 0.4) is 0 Å². The monoisotopic (exact) mass is 360 g/mol. The highest BCUT2D eigenvalue weighted by atomic mass is 32.1. The predicted octanol–water partition coefficient (Wildman–Crippen LogP) is 2.70. The van der Waals surface area contributed by atoms with Gasteiger partial charge in [0.1, 0.15) is 16.4 Å². The summed E-state index contributed by atoms with van der Waals surface area (Å²) in [5.74, 6) is 1.98. The Hall–Kier alpha value is -2.59. The van der Waals surface area contributed by atoms with Gasteiger partial charge in [-0.2, -0.15) is 9.61 Å². The third-order valence-electron chi connectivity index (χ3n) is 3.45. The number of hydrogen-bond donors (Lipinski definition) is 0. The molecule has 122 valence electrons. The number of nitrogens with zero attached hydrogens (tertiary/aromatic N) is 6. The van der Waals surface area contributed by atoms with E-state index < -0.39 is 0 Å². The predicted molar refractivity (Wildman–Crippen MR) is 90.8 cm³/mol. The van der Waals surface area contributed by atoms with Crippen molar-refractivity contribution in [2.45, 2.75) is 6.92 Å². The van der Waals surface area contributed by atoms with Gasteiger partial charge in [-0.25, -0.2) is 0 Å².